The number of hydrogen-bond donors (Lipinski definition) is 2. The smallest absolute Gasteiger partial charge is 0.271 e. The minimum atomic E-state index is -0.369. The van der Waals surface area contributed by atoms with Crippen molar-refractivity contribution in [3.63, 3.8) is 0 Å². The second kappa shape index (κ2) is 11.2. The Kier molecular flexibility index (Phi) is 8.05. The standard InChI is InChI=1S/C25H24ClN3O4/c1-16-7-9-20(11-17(16)2)28-24(30)15-33-23-10-8-18(12-22(23)26)14-27-29-25(31)19-5-4-6-21(13-19)32-3/h4-14H,15H2,1-3H3,(H,28,30)(H,29,31)/b27-14+. The average molecular weight is 466 g/mol. The second-order valence-electron chi connectivity index (χ2n) is 7.26. The summed E-state index contributed by atoms with van der Waals surface area (Å²) in [7, 11) is 1.53. The topological polar surface area (TPSA) is 89.0 Å². The Hall–Kier alpha value is -3.84. The molecule has 0 aromatic heterocycles. The summed E-state index contributed by atoms with van der Waals surface area (Å²) in [4.78, 5) is 24.3. The van der Waals surface area contributed by atoms with Gasteiger partial charge < -0.3 is 14.8 Å². The lowest BCUT2D eigenvalue weighted by Gasteiger charge is -2.10. The maximum Gasteiger partial charge on any atom is 0.271 e. The summed E-state index contributed by atoms with van der Waals surface area (Å²) in [6, 6.07) is 17.4. The highest BCUT2D eigenvalue weighted by atomic mass is 35.5. The van der Waals surface area contributed by atoms with Gasteiger partial charge in [0.15, 0.2) is 6.61 Å². The first-order chi connectivity index (χ1) is 15.9. The zero-order valence-corrected chi connectivity index (χ0v) is 19.3. The van der Waals surface area contributed by atoms with E-state index in [1.54, 1.807) is 42.5 Å². The Morgan fingerprint density at radius 1 is 1.03 bits per heavy atom. The van der Waals surface area contributed by atoms with Gasteiger partial charge in [0, 0.05) is 11.3 Å². The predicted molar refractivity (Wildman–Crippen MR) is 130 cm³/mol. The molecule has 0 fully saturated rings. The van der Waals surface area contributed by atoms with Crippen molar-refractivity contribution in [3.8, 4) is 11.5 Å². The number of amides is 2. The van der Waals surface area contributed by atoms with Crippen LogP contribution in [0, 0.1) is 13.8 Å². The van der Waals surface area contributed by atoms with Crippen LogP contribution >= 0.6 is 11.6 Å². The molecule has 2 amide bonds. The number of benzene rings is 3. The molecule has 0 spiro atoms. The number of hydrazone groups is 1. The first kappa shape index (κ1) is 23.8. The average Bonchev–Trinajstić information content (AvgIpc) is 2.81. The van der Waals surface area contributed by atoms with Crippen LogP contribution in [-0.4, -0.2) is 31.7 Å². The van der Waals surface area contributed by atoms with E-state index in [1.807, 2.05) is 32.0 Å². The van der Waals surface area contributed by atoms with Gasteiger partial charge in [-0.05, 0) is 79.1 Å². The molecule has 3 rings (SSSR count). The van der Waals surface area contributed by atoms with Crippen molar-refractivity contribution in [3.05, 3.63) is 87.9 Å². The summed E-state index contributed by atoms with van der Waals surface area (Å²) >= 11 is 6.26. The molecule has 33 heavy (non-hydrogen) atoms. The number of aryl methyl sites for hydroxylation is 2. The number of rotatable bonds is 8. The number of hydrogen-bond acceptors (Lipinski definition) is 5. The van der Waals surface area contributed by atoms with E-state index in [0.717, 1.165) is 11.1 Å². The third-order valence-electron chi connectivity index (χ3n) is 4.82. The molecule has 170 valence electrons. The normalized spacial score (nSPS) is 10.7. The molecule has 0 saturated carbocycles. The van der Waals surface area contributed by atoms with Gasteiger partial charge in [-0.3, -0.25) is 9.59 Å². The Labute approximate surface area is 197 Å². The van der Waals surface area contributed by atoms with E-state index in [1.165, 1.54) is 13.3 Å². The van der Waals surface area contributed by atoms with Crippen molar-refractivity contribution in [2.75, 3.05) is 19.0 Å². The van der Waals surface area contributed by atoms with Crippen LogP contribution in [-0.2, 0) is 4.79 Å². The zero-order chi connectivity index (χ0) is 23.8. The van der Waals surface area contributed by atoms with Crippen molar-refractivity contribution in [1.82, 2.24) is 5.43 Å². The van der Waals surface area contributed by atoms with Crippen LogP contribution in [0.4, 0.5) is 5.69 Å². The summed E-state index contributed by atoms with van der Waals surface area (Å²) in [6.45, 7) is 3.81. The van der Waals surface area contributed by atoms with Gasteiger partial charge in [0.2, 0.25) is 0 Å². The predicted octanol–water partition coefficient (Wildman–Crippen LogP) is 4.75. The van der Waals surface area contributed by atoms with E-state index >= 15 is 0 Å². The molecule has 2 N–H and O–H groups in total. The molecular formula is C25H24ClN3O4. The molecule has 3 aromatic rings. The van der Waals surface area contributed by atoms with Gasteiger partial charge in [0.05, 0.1) is 18.3 Å². The maximum absolute atomic E-state index is 12.2. The molecule has 0 unspecified atom stereocenters. The highest BCUT2D eigenvalue weighted by Gasteiger charge is 2.08. The van der Waals surface area contributed by atoms with E-state index in [9.17, 15) is 9.59 Å². The molecule has 0 aliphatic rings. The second-order valence-corrected chi connectivity index (χ2v) is 7.66. The summed E-state index contributed by atoms with van der Waals surface area (Å²) < 4.78 is 10.6. The first-order valence-electron chi connectivity index (χ1n) is 10.1. The van der Waals surface area contributed by atoms with E-state index in [-0.39, 0.29) is 18.4 Å². The van der Waals surface area contributed by atoms with Crippen molar-refractivity contribution < 1.29 is 19.1 Å². The van der Waals surface area contributed by atoms with Gasteiger partial charge in [0.1, 0.15) is 11.5 Å². The fraction of sp³-hybridized carbons (Fsp3) is 0.160. The number of carbonyl (C=O) groups excluding carboxylic acids is 2. The molecule has 0 saturated heterocycles. The molecule has 0 atom stereocenters. The Bertz CT molecular complexity index is 1190. The molecule has 0 aliphatic carbocycles. The highest BCUT2D eigenvalue weighted by molar-refractivity contribution is 6.32. The maximum atomic E-state index is 12.2. The molecule has 0 radical (unpaired) electrons. The number of carbonyl (C=O) groups is 2. The Morgan fingerprint density at radius 2 is 1.85 bits per heavy atom. The van der Waals surface area contributed by atoms with Gasteiger partial charge in [-0.25, -0.2) is 5.43 Å². The molecule has 0 aliphatic heterocycles. The van der Waals surface area contributed by atoms with Crippen LogP contribution < -0.4 is 20.2 Å². The quantitative estimate of drug-likeness (QED) is 0.371. The Morgan fingerprint density at radius 3 is 2.58 bits per heavy atom. The first-order valence-corrected chi connectivity index (χ1v) is 10.5. The lowest BCUT2D eigenvalue weighted by atomic mass is 10.1. The van der Waals surface area contributed by atoms with Crippen molar-refractivity contribution in [2.45, 2.75) is 13.8 Å². The van der Waals surface area contributed by atoms with Crippen molar-refractivity contribution >= 4 is 35.3 Å². The van der Waals surface area contributed by atoms with E-state index in [0.29, 0.717) is 33.3 Å². The molecule has 0 bridgehead atoms. The van der Waals surface area contributed by atoms with Crippen LogP contribution in [0.15, 0.2) is 65.8 Å². The summed E-state index contributed by atoms with van der Waals surface area (Å²) in [6.07, 6.45) is 1.46. The lowest BCUT2D eigenvalue weighted by Crippen LogP contribution is -2.20. The Balaban J connectivity index is 1.53. The third-order valence-corrected chi connectivity index (χ3v) is 5.11. The molecule has 3 aromatic carbocycles. The highest BCUT2D eigenvalue weighted by Crippen LogP contribution is 2.25. The van der Waals surface area contributed by atoms with E-state index in [2.05, 4.69) is 15.8 Å². The summed E-state index contributed by atoms with van der Waals surface area (Å²) in [5, 5.41) is 7.06. The van der Waals surface area contributed by atoms with Gasteiger partial charge in [-0.2, -0.15) is 5.10 Å². The van der Waals surface area contributed by atoms with E-state index in [4.69, 9.17) is 21.1 Å². The van der Waals surface area contributed by atoms with Crippen molar-refractivity contribution in [2.24, 2.45) is 5.10 Å². The summed E-state index contributed by atoms with van der Waals surface area (Å²) in [5.74, 6) is 0.285. The fourth-order valence-electron chi connectivity index (χ4n) is 2.87. The molecule has 0 heterocycles. The van der Waals surface area contributed by atoms with Crippen LogP contribution in [0.25, 0.3) is 0 Å². The van der Waals surface area contributed by atoms with Gasteiger partial charge in [-0.15, -0.1) is 0 Å². The molecular weight excluding hydrogens is 442 g/mol. The fourth-order valence-corrected chi connectivity index (χ4v) is 3.11. The van der Waals surface area contributed by atoms with Crippen LogP contribution in [0.3, 0.4) is 0 Å². The van der Waals surface area contributed by atoms with Gasteiger partial charge in [-0.1, -0.05) is 23.7 Å². The number of ether oxygens (including phenoxy) is 2. The van der Waals surface area contributed by atoms with Crippen LogP contribution in [0.5, 0.6) is 11.5 Å². The number of methoxy groups -OCH3 is 1. The SMILES string of the molecule is COc1cccc(C(=O)N/N=C/c2ccc(OCC(=O)Nc3ccc(C)c(C)c3)c(Cl)c2)c1. The number of anilines is 1. The molecule has 7 nitrogen and oxygen atoms in total. The zero-order valence-electron chi connectivity index (χ0n) is 18.5. The van der Waals surface area contributed by atoms with E-state index < -0.39 is 0 Å². The monoisotopic (exact) mass is 465 g/mol. The number of halogens is 1. The minimum Gasteiger partial charge on any atom is -0.497 e. The van der Waals surface area contributed by atoms with Gasteiger partial charge >= 0.3 is 0 Å². The third kappa shape index (κ3) is 6.82. The van der Waals surface area contributed by atoms with Crippen LogP contribution in [0.1, 0.15) is 27.0 Å². The largest absolute Gasteiger partial charge is 0.497 e. The number of nitrogens with one attached hydrogen (secondary N) is 2. The van der Waals surface area contributed by atoms with Gasteiger partial charge in [0.25, 0.3) is 11.8 Å². The lowest BCUT2D eigenvalue weighted by molar-refractivity contribution is -0.118. The summed E-state index contributed by atoms with van der Waals surface area (Å²) in [5.41, 5.74) is 6.48. The molecule has 8 heteroatoms. The minimum absolute atomic E-state index is 0.184. The van der Waals surface area contributed by atoms with Crippen molar-refractivity contribution in [1.29, 1.82) is 0 Å². The van der Waals surface area contributed by atoms with Crippen LogP contribution in [0.2, 0.25) is 5.02 Å². The number of nitrogens with zero attached hydrogens (tertiary/aromatic N) is 1.